The third-order valence-corrected chi connectivity index (χ3v) is 5.22. The van der Waals surface area contributed by atoms with Crippen molar-refractivity contribution in [1.29, 1.82) is 0 Å². The zero-order chi connectivity index (χ0) is 13.2. The Morgan fingerprint density at radius 2 is 1.89 bits per heavy atom. The van der Waals surface area contributed by atoms with E-state index in [1.807, 2.05) is 6.07 Å². The van der Waals surface area contributed by atoms with Gasteiger partial charge in [0.05, 0.1) is 0 Å². The lowest BCUT2D eigenvalue weighted by Crippen LogP contribution is -2.41. The van der Waals surface area contributed by atoms with Gasteiger partial charge in [0.15, 0.2) is 0 Å². The van der Waals surface area contributed by atoms with Crippen molar-refractivity contribution >= 4 is 21.6 Å². The van der Waals surface area contributed by atoms with Crippen molar-refractivity contribution in [2.24, 2.45) is 11.8 Å². The molecular formula is C16H23BrN2. The Bertz CT molecular complexity index is 426. The first kappa shape index (κ1) is 13.4. The van der Waals surface area contributed by atoms with Gasteiger partial charge in [-0.3, -0.25) is 4.90 Å². The minimum Gasteiger partial charge on any atom is -0.399 e. The molecule has 0 bridgehead atoms. The van der Waals surface area contributed by atoms with E-state index in [1.54, 1.807) is 0 Å². The molecule has 3 heteroatoms. The van der Waals surface area contributed by atoms with Gasteiger partial charge in [-0.15, -0.1) is 0 Å². The van der Waals surface area contributed by atoms with E-state index >= 15 is 0 Å². The van der Waals surface area contributed by atoms with Crippen LogP contribution in [0.2, 0.25) is 0 Å². The van der Waals surface area contributed by atoms with Crippen LogP contribution in [-0.2, 0) is 6.54 Å². The van der Waals surface area contributed by atoms with Gasteiger partial charge in [-0.25, -0.2) is 0 Å². The molecule has 19 heavy (non-hydrogen) atoms. The highest BCUT2D eigenvalue weighted by molar-refractivity contribution is 9.10. The molecule has 0 amide bonds. The summed E-state index contributed by atoms with van der Waals surface area (Å²) in [6.07, 6.45) is 7.22. The van der Waals surface area contributed by atoms with Gasteiger partial charge in [0.2, 0.25) is 0 Å². The molecule has 2 fully saturated rings. The topological polar surface area (TPSA) is 29.3 Å². The summed E-state index contributed by atoms with van der Waals surface area (Å²) in [6.45, 7) is 3.59. The van der Waals surface area contributed by atoms with Gasteiger partial charge in [-0.05, 0) is 55.0 Å². The summed E-state index contributed by atoms with van der Waals surface area (Å²) >= 11 is 3.53. The number of nitrogens with two attached hydrogens (primary N) is 1. The van der Waals surface area contributed by atoms with Crippen LogP contribution < -0.4 is 5.73 Å². The highest BCUT2D eigenvalue weighted by Crippen LogP contribution is 2.36. The van der Waals surface area contributed by atoms with Crippen molar-refractivity contribution in [1.82, 2.24) is 4.90 Å². The van der Waals surface area contributed by atoms with Gasteiger partial charge in [0.1, 0.15) is 0 Å². The maximum Gasteiger partial charge on any atom is 0.0328 e. The summed E-state index contributed by atoms with van der Waals surface area (Å²) in [4.78, 5) is 2.62. The lowest BCUT2D eigenvalue weighted by atomic mass is 9.75. The van der Waals surface area contributed by atoms with E-state index in [9.17, 15) is 0 Å². The number of anilines is 1. The number of hydrogen-bond acceptors (Lipinski definition) is 2. The van der Waals surface area contributed by atoms with Crippen LogP contribution >= 0.6 is 15.9 Å². The molecule has 2 aliphatic rings. The second kappa shape index (κ2) is 5.84. The SMILES string of the molecule is Nc1cc(Br)cc(CN2CCC3CCCCC3C2)c1. The second-order valence-corrected chi connectivity index (χ2v) is 7.14. The zero-order valence-electron chi connectivity index (χ0n) is 11.4. The molecule has 1 aliphatic heterocycles. The summed E-state index contributed by atoms with van der Waals surface area (Å²) in [7, 11) is 0. The number of piperidine rings is 1. The van der Waals surface area contributed by atoms with Gasteiger partial charge in [-0.1, -0.05) is 35.2 Å². The molecule has 0 aromatic heterocycles. The molecule has 1 aromatic carbocycles. The molecule has 1 saturated heterocycles. The van der Waals surface area contributed by atoms with Crippen molar-refractivity contribution in [2.75, 3.05) is 18.8 Å². The van der Waals surface area contributed by atoms with Gasteiger partial charge in [0.25, 0.3) is 0 Å². The number of likely N-dealkylation sites (tertiary alicyclic amines) is 1. The third-order valence-electron chi connectivity index (χ3n) is 4.76. The maximum absolute atomic E-state index is 5.92. The summed E-state index contributed by atoms with van der Waals surface area (Å²) in [6, 6.07) is 6.28. The Morgan fingerprint density at radius 1 is 1.11 bits per heavy atom. The highest BCUT2D eigenvalue weighted by Gasteiger charge is 2.30. The average Bonchev–Trinajstić information content (AvgIpc) is 2.37. The summed E-state index contributed by atoms with van der Waals surface area (Å²) < 4.78 is 1.09. The Kier molecular flexibility index (Phi) is 4.13. The van der Waals surface area contributed by atoms with Gasteiger partial charge >= 0.3 is 0 Å². The first-order chi connectivity index (χ1) is 9.20. The Hall–Kier alpha value is -0.540. The predicted octanol–water partition coefficient (Wildman–Crippen LogP) is 4.04. The third kappa shape index (κ3) is 3.32. The molecule has 0 spiro atoms. The first-order valence-electron chi connectivity index (χ1n) is 7.48. The molecule has 3 rings (SSSR count). The number of nitrogen functional groups attached to an aromatic ring is 1. The predicted molar refractivity (Wildman–Crippen MR) is 83.9 cm³/mol. The van der Waals surface area contributed by atoms with Gasteiger partial charge < -0.3 is 5.73 Å². The van der Waals surface area contributed by atoms with Crippen LogP contribution in [0.1, 0.15) is 37.7 Å². The van der Waals surface area contributed by atoms with E-state index in [2.05, 4.69) is 33.0 Å². The van der Waals surface area contributed by atoms with Crippen LogP contribution in [0, 0.1) is 11.8 Å². The molecule has 2 atom stereocenters. The van der Waals surface area contributed by atoms with Gasteiger partial charge in [0, 0.05) is 23.2 Å². The molecule has 2 nitrogen and oxygen atoms in total. The average molecular weight is 323 g/mol. The fraction of sp³-hybridized carbons (Fsp3) is 0.625. The van der Waals surface area contributed by atoms with Crippen molar-refractivity contribution in [3.63, 3.8) is 0 Å². The van der Waals surface area contributed by atoms with Gasteiger partial charge in [-0.2, -0.15) is 0 Å². The van der Waals surface area contributed by atoms with E-state index in [4.69, 9.17) is 5.73 Å². The number of halogens is 1. The summed E-state index contributed by atoms with van der Waals surface area (Å²) in [5, 5.41) is 0. The Labute approximate surface area is 124 Å². The standard InChI is InChI=1S/C16H23BrN2/c17-15-7-12(8-16(18)9-15)10-19-6-5-13-3-1-2-4-14(13)11-19/h7-9,13-14H,1-6,10-11,18H2. The summed E-state index contributed by atoms with van der Waals surface area (Å²) in [5.41, 5.74) is 8.11. The molecule has 2 N–H and O–H groups in total. The number of benzene rings is 1. The van der Waals surface area contributed by atoms with Crippen LogP contribution in [0.5, 0.6) is 0 Å². The first-order valence-corrected chi connectivity index (χ1v) is 8.27. The molecule has 1 saturated carbocycles. The van der Waals surface area contributed by atoms with E-state index in [1.165, 1.54) is 50.8 Å². The number of fused-ring (bicyclic) bond motifs is 1. The zero-order valence-corrected chi connectivity index (χ0v) is 13.0. The number of nitrogens with zero attached hydrogens (tertiary/aromatic N) is 1. The Morgan fingerprint density at radius 3 is 2.68 bits per heavy atom. The van der Waals surface area contributed by atoms with Crippen molar-refractivity contribution < 1.29 is 0 Å². The number of hydrogen-bond donors (Lipinski definition) is 1. The fourth-order valence-corrected chi connectivity index (χ4v) is 4.40. The highest BCUT2D eigenvalue weighted by atomic mass is 79.9. The van der Waals surface area contributed by atoms with Crippen molar-refractivity contribution in [2.45, 2.75) is 38.6 Å². The minimum atomic E-state index is 0.858. The Balaban J connectivity index is 1.64. The summed E-state index contributed by atoms with van der Waals surface area (Å²) in [5.74, 6) is 1.96. The lowest BCUT2D eigenvalue weighted by Gasteiger charge is -2.41. The maximum atomic E-state index is 5.92. The van der Waals surface area contributed by atoms with Crippen LogP contribution in [0.4, 0.5) is 5.69 Å². The van der Waals surface area contributed by atoms with Crippen LogP contribution in [-0.4, -0.2) is 18.0 Å². The second-order valence-electron chi connectivity index (χ2n) is 6.22. The van der Waals surface area contributed by atoms with E-state index in [0.717, 1.165) is 28.5 Å². The van der Waals surface area contributed by atoms with Crippen LogP contribution in [0.3, 0.4) is 0 Å². The largest absolute Gasteiger partial charge is 0.399 e. The fourth-order valence-electron chi connectivity index (χ4n) is 3.84. The normalized spacial score (nSPS) is 28.1. The van der Waals surface area contributed by atoms with E-state index in [-0.39, 0.29) is 0 Å². The molecule has 2 unspecified atom stereocenters. The van der Waals surface area contributed by atoms with Crippen LogP contribution in [0.15, 0.2) is 22.7 Å². The van der Waals surface area contributed by atoms with E-state index < -0.39 is 0 Å². The number of rotatable bonds is 2. The van der Waals surface area contributed by atoms with Crippen molar-refractivity contribution in [3.05, 3.63) is 28.2 Å². The molecule has 1 heterocycles. The molecule has 1 aliphatic carbocycles. The van der Waals surface area contributed by atoms with Crippen molar-refractivity contribution in [3.8, 4) is 0 Å². The monoisotopic (exact) mass is 322 g/mol. The van der Waals surface area contributed by atoms with E-state index in [0.29, 0.717) is 0 Å². The molecular weight excluding hydrogens is 300 g/mol. The van der Waals surface area contributed by atoms with Crippen LogP contribution in [0.25, 0.3) is 0 Å². The molecule has 1 aromatic rings. The quantitative estimate of drug-likeness (QED) is 0.832. The molecule has 0 radical (unpaired) electrons. The smallest absolute Gasteiger partial charge is 0.0328 e. The molecule has 104 valence electrons. The lowest BCUT2D eigenvalue weighted by molar-refractivity contribution is 0.0820. The minimum absolute atomic E-state index is 0.858.